The van der Waals surface area contributed by atoms with E-state index in [9.17, 15) is 5.11 Å². The van der Waals surface area contributed by atoms with E-state index in [1.807, 2.05) is 36.8 Å². The van der Waals surface area contributed by atoms with Crippen molar-refractivity contribution in [1.29, 1.82) is 0 Å². The maximum absolute atomic E-state index is 9.74. The molecule has 1 saturated heterocycles. The fourth-order valence-electron chi connectivity index (χ4n) is 4.52. The van der Waals surface area contributed by atoms with Crippen molar-refractivity contribution in [1.82, 2.24) is 24.6 Å². The number of aliphatic hydroxyl groups is 1. The molecule has 1 saturated carbocycles. The van der Waals surface area contributed by atoms with Crippen molar-refractivity contribution in [2.75, 3.05) is 25.5 Å². The highest BCUT2D eigenvalue weighted by molar-refractivity contribution is 5.84. The number of likely N-dealkylation sites (tertiary alicyclic amines) is 1. The minimum absolute atomic E-state index is 0.119. The quantitative estimate of drug-likeness (QED) is 0.650. The first-order valence-electron chi connectivity index (χ1n) is 11.2. The summed E-state index contributed by atoms with van der Waals surface area (Å²) in [5, 5.41) is 18.5. The van der Waals surface area contributed by atoms with E-state index in [2.05, 4.69) is 32.0 Å². The summed E-state index contributed by atoms with van der Waals surface area (Å²) in [6.07, 6.45) is 11.2. The monoisotopic (exact) mass is 422 g/mol. The van der Waals surface area contributed by atoms with Crippen LogP contribution < -0.4 is 10.1 Å². The van der Waals surface area contributed by atoms with Gasteiger partial charge in [-0.05, 0) is 64.7 Å². The Bertz CT molecular complexity index is 1020. The van der Waals surface area contributed by atoms with Crippen LogP contribution in [0.25, 0.3) is 10.9 Å². The molecule has 0 radical (unpaired) electrons. The molecule has 8 nitrogen and oxygen atoms in total. The fraction of sp³-hybridized carbons (Fsp3) is 0.522. The molecular weight excluding hydrogens is 392 g/mol. The van der Waals surface area contributed by atoms with Gasteiger partial charge in [0.25, 0.3) is 0 Å². The number of benzene rings is 1. The Balaban J connectivity index is 1.31. The molecule has 2 aliphatic rings. The van der Waals surface area contributed by atoms with E-state index < -0.39 is 0 Å². The number of aromatic nitrogens is 4. The van der Waals surface area contributed by atoms with E-state index in [0.717, 1.165) is 74.0 Å². The van der Waals surface area contributed by atoms with Crippen LogP contribution in [0.1, 0.15) is 44.6 Å². The Morgan fingerprint density at radius 3 is 2.68 bits per heavy atom. The van der Waals surface area contributed by atoms with Gasteiger partial charge in [0.2, 0.25) is 5.95 Å². The lowest BCUT2D eigenvalue weighted by molar-refractivity contribution is 0.0672. The Labute approximate surface area is 182 Å². The molecule has 2 fully saturated rings. The van der Waals surface area contributed by atoms with Gasteiger partial charge in [0.05, 0.1) is 30.1 Å². The highest BCUT2D eigenvalue weighted by Gasteiger charge is 2.22. The van der Waals surface area contributed by atoms with Crippen molar-refractivity contribution < 1.29 is 9.84 Å². The smallest absolute Gasteiger partial charge is 0.227 e. The van der Waals surface area contributed by atoms with Gasteiger partial charge in [-0.25, -0.2) is 9.97 Å². The van der Waals surface area contributed by atoms with Crippen LogP contribution in [-0.2, 0) is 0 Å². The summed E-state index contributed by atoms with van der Waals surface area (Å²) in [4.78, 5) is 11.6. The largest absolute Gasteiger partial charge is 0.488 e. The molecule has 2 N–H and O–H groups in total. The molecule has 164 valence electrons. The zero-order valence-corrected chi connectivity index (χ0v) is 17.9. The van der Waals surface area contributed by atoms with Crippen molar-refractivity contribution in [2.24, 2.45) is 0 Å². The van der Waals surface area contributed by atoms with E-state index in [1.54, 1.807) is 0 Å². The first-order chi connectivity index (χ1) is 15.1. The van der Waals surface area contributed by atoms with E-state index >= 15 is 0 Å². The molecule has 0 unspecified atom stereocenters. The summed E-state index contributed by atoms with van der Waals surface area (Å²) < 4.78 is 8.32. The maximum atomic E-state index is 9.74. The Morgan fingerprint density at radius 1 is 1.06 bits per heavy atom. The van der Waals surface area contributed by atoms with Crippen LogP contribution in [0.3, 0.4) is 0 Å². The van der Waals surface area contributed by atoms with Crippen LogP contribution in [0.15, 0.2) is 36.8 Å². The average Bonchev–Trinajstić information content (AvgIpc) is 3.25. The molecule has 0 bridgehead atoms. The second-order valence-corrected chi connectivity index (χ2v) is 8.80. The number of aliphatic hydroxyl groups excluding tert-OH is 1. The third-order valence-electron chi connectivity index (χ3n) is 6.43. The number of hydrogen-bond donors (Lipinski definition) is 2. The van der Waals surface area contributed by atoms with Crippen LogP contribution in [0.5, 0.6) is 5.75 Å². The van der Waals surface area contributed by atoms with Crippen molar-refractivity contribution in [3.8, 4) is 5.75 Å². The molecule has 31 heavy (non-hydrogen) atoms. The molecule has 0 atom stereocenters. The van der Waals surface area contributed by atoms with Crippen LogP contribution >= 0.6 is 0 Å². The lowest BCUT2D eigenvalue weighted by Gasteiger charge is -2.28. The topological polar surface area (TPSA) is 88.3 Å². The first kappa shape index (κ1) is 20.2. The van der Waals surface area contributed by atoms with Gasteiger partial charge in [-0.3, -0.25) is 4.68 Å². The minimum atomic E-state index is -0.194. The number of para-hydroxylation sites is 1. The summed E-state index contributed by atoms with van der Waals surface area (Å²) in [5.74, 6) is 1.30. The second kappa shape index (κ2) is 8.80. The molecule has 3 heterocycles. The van der Waals surface area contributed by atoms with Crippen molar-refractivity contribution in [3.05, 3.63) is 36.8 Å². The fourth-order valence-corrected chi connectivity index (χ4v) is 4.52. The number of hydrogen-bond acceptors (Lipinski definition) is 7. The summed E-state index contributed by atoms with van der Waals surface area (Å²) in [5.41, 5.74) is 1.69. The Hall–Kier alpha value is -2.71. The highest BCUT2D eigenvalue weighted by Crippen LogP contribution is 2.30. The van der Waals surface area contributed by atoms with Crippen molar-refractivity contribution >= 4 is 22.5 Å². The lowest BCUT2D eigenvalue weighted by atomic mass is 9.95. The zero-order valence-electron chi connectivity index (χ0n) is 17.9. The molecule has 0 amide bonds. The minimum Gasteiger partial charge on any atom is -0.488 e. The average molecular weight is 423 g/mol. The summed E-state index contributed by atoms with van der Waals surface area (Å²) in [7, 11) is 2.17. The molecule has 1 aromatic carbocycles. The molecule has 3 aromatic rings. The van der Waals surface area contributed by atoms with E-state index in [0.29, 0.717) is 12.0 Å². The van der Waals surface area contributed by atoms with Gasteiger partial charge in [0.1, 0.15) is 11.3 Å². The maximum Gasteiger partial charge on any atom is 0.227 e. The van der Waals surface area contributed by atoms with E-state index in [1.165, 1.54) is 0 Å². The van der Waals surface area contributed by atoms with Gasteiger partial charge < -0.3 is 20.1 Å². The third-order valence-corrected chi connectivity index (χ3v) is 6.43. The number of ether oxygens (including phenoxy) is 1. The number of nitrogens with one attached hydrogen (secondary N) is 1. The molecule has 8 heteroatoms. The van der Waals surface area contributed by atoms with Crippen LogP contribution in [-0.4, -0.2) is 62.1 Å². The van der Waals surface area contributed by atoms with E-state index in [-0.39, 0.29) is 12.2 Å². The predicted molar refractivity (Wildman–Crippen MR) is 120 cm³/mol. The molecule has 1 aliphatic carbocycles. The van der Waals surface area contributed by atoms with Crippen LogP contribution in [0.2, 0.25) is 0 Å². The Kier molecular flexibility index (Phi) is 5.74. The van der Waals surface area contributed by atoms with Gasteiger partial charge >= 0.3 is 0 Å². The third kappa shape index (κ3) is 4.65. The van der Waals surface area contributed by atoms with Crippen LogP contribution in [0, 0.1) is 0 Å². The number of rotatable bonds is 5. The molecule has 5 rings (SSSR count). The molecular formula is C23H30N6O2. The van der Waals surface area contributed by atoms with E-state index in [4.69, 9.17) is 9.72 Å². The van der Waals surface area contributed by atoms with Crippen LogP contribution in [0.4, 0.5) is 11.6 Å². The number of fused-ring (bicyclic) bond motifs is 1. The van der Waals surface area contributed by atoms with Gasteiger partial charge in [0, 0.05) is 17.8 Å². The molecule has 2 aromatic heterocycles. The number of nitrogens with zero attached hydrogens (tertiary/aromatic N) is 5. The van der Waals surface area contributed by atoms with Gasteiger partial charge in [-0.15, -0.1) is 0 Å². The second-order valence-electron chi connectivity index (χ2n) is 8.80. The Morgan fingerprint density at radius 2 is 1.87 bits per heavy atom. The summed E-state index contributed by atoms with van der Waals surface area (Å²) >= 11 is 0. The van der Waals surface area contributed by atoms with Gasteiger partial charge in [-0.2, -0.15) is 5.10 Å². The highest BCUT2D eigenvalue weighted by atomic mass is 16.5. The predicted octanol–water partition coefficient (Wildman–Crippen LogP) is 3.52. The van der Waals surface area contributed by atoms with Gasteiger partial charge in [0.15, 0.2) is 0 Å². The molecule has 0 spiro atoms. The first-order valence-corrected chi connectivity index (χ1v) is 11.2. The van der Waals surface area contributed by atoms with Gasteiger partial charge in [-0.1, -0.05) is 12.1 Å². The lowest BCUT2D eigenvalue weighted by Crippen LogP contribution is -2.31. The standard InChI is InChI=1S/C23H30N6O2/c1-28-11-9-18(10-12-28)29-15-17(14-25-29)26-23-24-13-16-3-2-4-21(22(16)27-23)31-20-7-5-19(30)6-8-20/h2-4,13-15,18-20,30H,5-12H2,1H3,(H,24,26,27). The van der Waals surface area contributed by atoms with Crippen molar-refractivity contribution in [3.63, 3.8) is 0 Å². The normalized spacial score (nSPS) is 23.2. The van der Waals surface area contributed by atoms with Crippen molar-refractivity contribution in [2.45, 2.75) is 56.8 Å². The number of piperidine rings is 1. The summed E-state index contributed by atoms with van der Waals surface area (Å²) in [6.45, 7) is 2.20. The zero-order chi connectivity index (χ0) is 21.2. The summed E-state index contributed by atoms with van der Waals surface area (Å²) in [6, 6.07) is 6.37. The molecule has 1 aliphatic heterocycles. The SMILES string of the molecule is CN1CCC(n2cc(Nc3ncc4cccc(OC5CCC(O)CC5)c4n3)cn2)CC1. The number of anilines is 2.